The molecule has 0 aliphatic carbocycles. The Labute approximate surface area is 230 Å². The maximum atomic E-state index is 13.4. The molecule has 0 saturated heterocycles. The van der Waals surface area contributed by atoms with Crippen molar-refractivity contribution in [2.75, 3.05) is 19.4 Å². The number of fused-ring (bicyclic) bond motifs is 10. The number of rotatable bonds is 2. The number of nitrogens with zero attached hydrogens (tertiary/aromatic N) is 5. The Morgan fingerprint density at radius 3 is 2.52 bits per heavy atom. The molecule has 5 aromatic rings. The number of carbonyl (C=O) groups is 2. The van der Waals surface area contributed by atoms with Crippen LogP contribution >= 0.6 is 0 Å². The average Bonchev–Trinajstić information content (AvgIpc) is 3.28. The van der Waals surface area contributed by atoms with Gasteiger partial charge in [0.25, 0.3) is 11.5 Å². The highest BCUT2D eigenvalue weighted by Crippen LogP contribution is 2.25. The van der Waals surface area contributed by atoms with Crippen molar-refractivity contribution < 1.29 is 9.59 Å². The Balaban J connectivity index is 1.47. The van der Waals surface area contributed by atoms with Crippen LogP contribution < -0.4 is 10.9 Å². The summed E-state index contributed by atoms with van der Waals surface area (Å²) in [5.41, 5.74) is 6.17. The molecule has 1 aliphatic rings. The summed E-state index contributed by atoms with van der Waals surface area (Å²) < 4.78 is 3.42. The number of hydrogen-bond donors (Lipinski definition) is 1. The van der Waals surface area contributed by atoms with Gasteiger partial charge < -0.3 is 9.47 Å². The van der Waals surface area contributed by atoms with E-state index in [1.165, 1.54) is 10.7 Å². The second kappa shape index (κ2) is 10.3. The quantitative estimate of drug-likeness (QED) is 0.373. The number of hydrogen-bond acceptors (Lipinski definition) is 5. The molecule has 2 aromatic heterocycles. The number of anilines is 1. The van der Waals surface area contributed by atoms with E-state index < -0.39 is 0 Å². The fourth-order valence-electron chi connectivity index (χ4n) is 4.93. The van der Waals surface area contributed by atoms with Crippen molar-refractivity contribution in [2.45, 2.75) is 25.9 Å². The van der Waals surface area contributed by atoms with Gasteiger partial charge in [-0.25, -0.2) is 9.67 Å². The summed E-state index contributed by atoms with van der Waals surface area (Å²) >= 11 is 0. The number of nitrogens with one attached hydrogen (secondary N) is 1. The molecule has 0 spiro atoms. The van der Waals surface area contributed by atoms with Crippen LogP contribution in [-0.4, -0.2) is 50.1 Å². The van der Waals surface area contributed by atoms with Gasteiger partial charge in [-0.3, -0.25) is 19.7 Å². The SMILES string of the molecule is CN(C)C(=O)Cc1ccc2nc3n(c2c1)CCc1cccc(c1)-c1ccc(=O)n(n1)Cc1cccc(c1)C(=O)N3. The van der Waals surface area contributed by atoms with Crippen LogP contribution in [0.15, 0.2) is 83.7 Å². The number of amides is 2. The van der Waals surface area contributed by atoms with Gasteiger partial charge in [0.05, 0.1) is 29.7 Å². The normalized spacial score (nSPS) is 13.0. The zero-order chi connectivity index (χ0) is 27.8. The lowest BCUT2D eigenvalue weighted by molar-refractivity contribution is -0.127. The molecule has 0 unspecified atom stereocenters. The van der Waals surface area contributed by atoms with Crippen LogP contribution in [0.4, 0.5) is 5.95 Å². The number of aromatic nitrogens is 4. The molecule has 1 N–H and O–H groups in total. The van der Waals surface area contributed by atoms with Crippen molar-refractivity contribution in [3.8, 4) is 11.3 Å². The summed E-state index contributed by atoms with van der Waals surface area (Å²) in [4.78, 5) is 44.7. The van der Waals surface area contributed by atoms with Crippen molar-refractivity contribution in [1.82, 2.24) is 24.2 Å². The first-order chi connectivity index (χ1) is 19.3. The molecule has 2 amide bonds. The van der Waals surface area contributed by atoms with Crippen molar-refractivity contribution >= 4 is 28.8 Å². The molecule has 6 bridgehead atoms. The van der Waals surface area contributed by atoms with Crippen molar-refractivity contribution in [3.05, 3.63) is 111 Å². The van der Waals surface area contributed by atoms with Crippen LogP contribution in [-0.2, 0) is 30.7 Å². The minimum absolute atomic E-state index is 0.0111. The highest BCUT2D eigenvalue weighted by atomic mass is 16.2. The average molecular weight is 533 g/mol. The van der Waals surface area contributed by atoms with E-state index >= 15 is 0 Å². The summed E-state index contributed by atoms with van der Waals surface area (Å²) in [6.45, 7) is 0.786. The largest absolute Gasteiger partial charge is 0.349 e. The number of likely N-dealkylation sites (N-methyl/N-ethyl adjacent to an activating group) is 1. The topological polar surface area (TPSA) is 102 Å². The molecule has 3 aromatic carbocycles. The zero-order valence-electron chi connectivity index (χ0n) is 22.3. The third kappa shape index (κ3) is 5.01. The molecule has 0 atom stereocenters. The molecule has 6 rings (SSSR count). The number of aryl methyl sites for hydroxylation is 2. The lowest BCUT2D eigenvalue weighted by atomic mass is 10.1. The summed E-state index contributed by atoms with van der Waals surface area (Å²) in [5.74, 6) is 0.148. The van der Waals surface area contributed by atoms with E-state index in [-0.39, 0.29) is 30.3 Å². The number of imidazole rings is 1. The second-order valence-corrected chi connectivity index (χ2v) is 10.2. The maximum Gasteiger partial charge on any atom is 0.267 e. The molecular formula is C31H28N6O3. The summed E-state index contributed by atoms with van der Waals surface area (Å²) in [7, 11) is 3.48. The molecule has 1 aliphatic heterocycles. The van der Waals surface area contributed by atoms with E-state index in [2.05, 4.69) is 16.5 Å². The predicted octanol–water partition coefficient (Wildman–Crippen LogP) is 3.75. The van der Waals surface area contributed by atoms with Gasteiger partial charge in [-0.15, -0.1) is 0 Å². The Morgan fingerprint density at radius 1 is 0.925 bits per heavy atom. The molecule has 0 fully saturated rings. The van der Waals surface area contributed by atoms with Crippen LogP contribution in [0.3, 0.4) is 0 Å². The minimum Gasteiger partial charge on any atom is -0.349 e. The summed E-state index contributed by atoms with van der Waals surface area (Å²) in [6, 6.07) is 24.3. The number of carbonyl (C=O) groups excluding carboxylic acids is 2. The molecular weight excluding hydrogens is 504 g/mol. The standard InChI is InChI=1S/C31H28N6O3/c1-35(2)29(39)18-21-9-10-26-27(17-21)36-14-13-20-5-3-7-23(15-20)25-11-12-28(38)37(34-25)19-22-6-4-8-24(16-22)30(40)33-31(36)32-26/h3-12,15-17H,13-14,18-19H2,1-2H3,(H,32,33,40). The lowest BCUT2D eigenvalue weighted by Gasteiger charge is -2.14. The van der Waals surface area contributed by atoms with Crippen LogP contribution in [0, 0.1) is 0 Å². The Hall–Kier alpha value is -5.05. The van der Waals surface area contributed by atoms with E-state index in [1.807, 2.05) is 47.0 Å². The summed E-state index contributed by atoms with van der Waals surface area (Å²) in [6.07, 6.45) is 0.942. The smallest absolute Gasteiger partial charge is 0.267 e. The Morgan fingerprint density at radius 2 is 1.70 bits per heavy atom. The van der Waals surface area contributed by atoms with Gasteiger partial charge in [0.15, 0.2) is 0 Å². The predicted molar refractivity (Wildman–Crippen MR) is 153 cm³/mol. The van der Waals surface area contributed by atoms with E-state index in [0.29, 0.717) is 30.2 Å². The fraction of sp³-hybridized carbons (Fsp3) is 0.194. The van der Waals surface area contributed by atoms with E-state index in [4.69, 9.17) is 4.98 Å². The molecule has 40 heavy (non-hydrogen) atoms. The van der Waals surface area contributed by atoms with Crippen LogP contribution in [0.5, 0.6) is 0 Å². The van der Waals surface area contributed by atoms with E-state index in [0.717, 1.165) is 33.3 Å². The first kappa shape index (κ1) is 25.2. The van der Waals surface area contributed by atoms with Crippen molar-refractivity contribution in [1.29, 1.82) is 0 Å². The minimum atomic E-state index is -0.301. The molecule has 9 nitrogen and oxygen atoms in total. The van der Waals surface area contributed by atoms with Gasteiger partial charge in [-0.05, 0) is 59.5 Å². The van der Waals surface area contributed by atoms with Gasteiger partial charge in [0, 0.05) is 37.8 Å². The second-order valence-electron chi connectivity index (χ2n) is 10.2. The number of benzene rings is 3. The zero-order valence-corrected chi connectivity index (χ0v) is 22.3. The highest BCUT2D eigenvalue weighted by Gasteiger charge is 2.17. The van der Waals surface area contributed by atoms with E-state index in [9.17, 15) is 14.4 Å². The van der Waals surface area contributed by atoms with Crippen LogP contribution in [0.25, 0.3) is 22.3 Å². The first-order valence-corrected chi connectivity index (χ1v) is 13.1. The van der Waals surface area contributed by atoms with E-state index in [1.54, 1.807) is 43.3 Å². The van der Waals surface area contributed by atoms with Gasteiger partial charge in [0.1, 0.15) is 0 Å². The molecule has 0 saturated carbocycles. The maximum absolute atomic E-state index is 13.4. The van der Waals surface area contributed by atoms with Gasteiger partial charge >= 0.3 is 0 Å². The molecule has 9 heteroatoms. The Kier molecular flexibility index (Phi) is 6.47. The van der Waals surface area contributed by atoms with Gasteiger partial charge in [-0.2, -0.15) is 5.10 Å². The van der Waals surface area contributed by atoms with Crippen LogP contribution in [0.2, 0.25) is 0 Å². The van der Waals surface area contributed by atoms with Gasteiger partial charge in [0.2, 0.25) is 11.9 Å². The molecule has 0 radical (unpaired) electrons. The monoisotopic (exact) mass is 532 g/mol. The molecule has 200 valence electrons. The highest BCUT2D eigenvalue weighted by molar-refractivity contribution is 6.04. The summed E-state index contributed by atoms with van der Waals surface area (Å²) in [5, 5.41) is 7.62. The van der Waals surface area contributed by atoms with Crippen LogP contribution in [0.1, 0.15) is 27.0 Å². The van der Waals surface area contributed by atoms with Crippen molar-refractivity contribution in [3.63, 3.8) is 0 Å². The lowest BCUT2D eigenvalue weighted by Crippen LogP contribution is -2.23. The fourth-order valence-corrected chi connectivity index (χ4v) is 4.93. The molecule has 3 heterocycles. The van der Waals surface area contributed by atoms with Gasteiger partial charge in [-0.1, -0.05) is 36.4 Å². The first-order valence-electron chi connectivity index (χ1n) is 13.1. The Bertz CT molecular complexity index is 1830. The third-order valence-corrected chi connectivity index (χ3v) is 7.13. The van der Waals surface area contributed by atoms with Crippen molar-refractivity contribution in [2.24, 2.45) is 0 Å². The third-order valence-electron chi connectivity index (χ3n) is 7.13.